The van der Waals surface area contributed by atoms with E-state index in [1.165, 1.54) is 10.9 Å². The lowest BCUT2D eigenvalue weighted by Gasteiger charge is -2.10. The molecule has 1 saturated carbocycles. The number of benzene rings is 1. The first kappa shape index (κ1) is 15.7. The second-order valence-corrected chi connectivity index (χ2v) is 5.80. The highest BCUT2D eigenvalue weighted by molar-refractivity contribution is 5.91. The second-order valence-electron chi connectivity index (χ2n) is 5.80. The highest BCUT2D eigenvalue weighted by Crippen LogP contribution is 2.35. The second kappa shape index (κ2) is 5.33. The molecule has 0 unspecified atom stereocenters. The summed E-state index contributed by atoms with van der Waals surface area (Å²) >= 11 is 0. The summed E-state index contributed by atoms with van der Waals surface area (Å²) in [6, 6.07) is 2.21. The largest absolute Gasteiger partial charge is 0.416 e. The first-order valence-corrected chi connectivity index (χ1v) is 7.46. The van der Waals surface area contributed by atoms with Crippen molar-refractivity contribution in [3.05, 3.63) is 52.5 Å². The van der Waals surface area contributed by atoms with E-state index in [0.29, 0.717) is 6.07 Å². The molecule has 0 saturated heterocycles. The predicted octanol–water partition coefficient (Wildman–Crippen LogP) is 3.35. The molecule has 2 heterocycles. The van der Waals surface area contributed by atoms with Crippen LogP contribution in [0.5, 0.6) is 0 Å². The van der Waals surface area contributed by atoms with Gasteiger partial charge in [0.05, 0.1) is 28.9 Å². The van der Waals surface area contributed by atoms with Gasteiger partial charge in [0.2, 0.25) is 0 Å². The van der Waals surface area contributed by atoms with Gasteiger partial charge in [-0.25, -0.2) is 19.0 Å². The molecule has 0 bridgehead atoms. The Balaban J connectivity index is 1.90. The molecular weight excluding hydrogens is 340 g/mol. The Hall–Kier alpha value is -2.84. The standard InChI is InChI=1S/C16H10F4N4O/c17-12-5-8(16(18,19)20)1-4-10(12)13-11-6-23-24(9-2-3-9)15(25)14(11)22-7-21-13/h1,4-7,9H,2-3H2. The molecule has 0 aliphatic heterocycles. The molecule has 0 atom stereocenters. The summed E-state index contributed by atoms with van der Waals surface area (Å²) in [7, 11) is 0. The maximum Gasteiger partial charge on any atom is 0.416 e. The Morgan fingerprint density at radius 1 is 1.16 bits per heavy atom. The smallest absolute Gasteiger partial charge is 0.265 e. The molecule has 0 amide bonds. The lowest BCUT2D eigenvalue weighted by molar-refractivity contribution is -0.137. The third-order valence-electron chi connectivity index (χ3n) is 4.05. The number of fused-ring (bicyclic) bond motifs is 1. The quantitative estimate of drug-likeness (QED) is 0.665. The molecule has 0 radical (unpaired) electrons. The minimum absolute atomic E-state index is 0.0313. The first-order valence-electron chi connectivity index (χ1n) is 7.46. The van der Waals surface area contributed by atoms with Gasteiger partial charge < -0.3 is 0 Å². The van der Waals surface area contributed by atoms with Gasteiger partial charge >= 0.3 is 6.18 Å². The van der Waals surface area contributed by atoms with Crippen LogP contribution in [0.1, 0.15) is 24.4 Å². The molecular formula is C16H10F4N4O. The van der Waals surface area contributed by atoms with Crippen LogP contribution in [-0.2, 0) is 6.18 Å². The number of halogens is 4. The Morgan fingerprint density at radius 2 is 1.92 bits per heavy atom. The number of nitrogens with zero attached hydrogens (tertiary/aromatic N) is 4. The van der Waals surface area contributed by atoms with E-state index in [4.69, 9.17) is 0 Å². The van der Waals surface area contributed by atoms with E-state index in [0.717, 1.165) is 31.3 Å². The van der Waals surface area contributed by atoms with Gasteiger partial charge in [-0.15, -0.1) is 0 Å². The van der Waals surface area contributed by atoms with Crippen LogP contribution in [0.15, 0.2) is 35.5 Å². The lowest BCUT2D eigenvalue weighted by Crippen LogP contribution is -2.22. The van der Waals surface area contributed by atoms with Crippen LogP contribution in [0.25, 0.3) is 22.2 Å². The number of hydrogen-bond donors (Lipinski definition) is 0. The Bertz CT molecular complexity index is 1040. The zero-order valence-corrected chi connectivity index (χ0v) is 12.6. The van der Waals surface area contributed by atoms with E-state index in [1.807, 2.05) is 0 Å². The van der Waals surface area contributed by atoms with Crippen LogP contribution < -0.4 is 5.56 Å². The minimum Gasteiger partial charge on any atom is -0.265 e. The van der Waals surface area contributed by atoms with E-state index in [-0.39, 0.29) is 28.2 Å². The van der Waals surface area contributed by atoms with E-state index < -0.39 is 23.1 Å². The van der Waals surface area contributed by atoms with Crippen molar-refractivity contribution in [3.63, 3.8) is 0 Å². The zero-order chi connectivity index (χ0) is 17.8. The topological polar surface area (TPSA) is 60.7 Å². The van der Waals surface area contributed by atoms with Gasteiger partial charge in [-0.2, -0.15) is 18.3 Å². The van der Waals surface area contributed by atoms with E-state index in [1.54, 1.807) is 0 Å². The Morgan fingerprint density at radius 3 is 2.56 bits per heavy atom. The number of alkyl halides is 3. The molecule has 25 heavy (non-hydrogen) atoms. The molecule has 9 heteroatoms. The molecule has 128 valence electrons. The maximum absolute atomic E-state index is 14.2. The number of rotatable bonds is 2. The van der Waals surface area contributed by atoms with Crippen LogP contribution >= 0.6 is 0 Å². The fourth-order valence-corrected chi connectivity index (χ4v) is 2.65. The van der Waals surface area contributed by atoms with Crippen LogP contribution in [0, 0.1) is 5.82 Å². The molecule has 4 rings (SSSR count). The van der Waals surface area contributed by atoms with Crippen molar-refractivity contribution in [1.29, 1.82) is 0 Å². The summed E-state index contributed by atoms with van der Waals surface area (Å²) in [6.45, 7) is 0. The van der Waals surface area contributed by atoms with Crippen molar-refractivity contribution in [3.8, 4) is 11.3 Å². The van der Waals surface area contributed by atoms with Crippen LogP contribution in [0.3, 0.4) is 0 Å². The van der Waals surface area contributed by atoms with Gasteiger partial charge in [0.25, 0.3) is 5.56 Å². The van der Waals surface area contributed by atoms with Crippen LogP contribution in [0.2, 0.25) is 0 Å². The van der Waals surface area contributed by atoms with Crippen molar-refractivity contribution in [1.82, 2.24) is 19.7 Å². The SMILES string of the molecule is O=c1c2ncnc(-c3ccc(C(F)(F)F)cc3F)c2cnn1C1CC1. The minimum atomic E-state index is -4.65. The van der Waals surface area contributed by atoms with Crippen molar-refractivity contribution < 1.29 is 17.6 Å². The predicted molar refractivity (Wildman–Crippen MR) is 80.3 cm³/mol. The zero-order valence-electron chi connectivity index (χ0n) is 12.6. The summed E-state index contributed by atoms with van der Waals surface area (Å²) < 4.78 is 53.6. The highest BCUT2D eigenvalue weighted by Gasteiger charge is 2.32. The van der Waals surface area contributed by atoms with Gasteiger partial charge in [0, 0.05) is 5.56 Å². The summed E-state index contributed by atoms with van der Waals surface area (Å²) in [6.07, 6.45) is -0.505. The van der Waals surface area contributed by atoms with Crippen LogP contribution in [-0.4, -0.2) is 19.7 Å². The van der Waals surface area contributed by atoms with Gasteiger partial charge in [-0.1, -0.05) is 0 Å². The molecule has 0 spiro atoms. The monoisotopic (exact) mass is 350 g/mol. The molecule has 1 aliphatic rings. The van der Waals surface area contributed by atoms with Gasteiger partial charge in [-0.05, 0) is 31.0 Å². The molecule has 2 aromatic heterocycles. The lowest BCUT2D eigenvalue weighted by atomic mass is 10.0. The maximum atomic E-state index is 14.2. The molecule has 3 aromatic rings. The Labute approximate surface area is 138 Å². The third-order valence-corrected chi connectivity index (χ3v) is 4.05. The van der Waals surface area contributed by atoms with Crippen LogP contribution in [0.4, 0.5) is 17.6 Å². The van der Waals surface area contributed by atoms with Crippen molar-refractivity contribution in [2.45, 2.75) is 25.1 Å². The Kier molecular flexibility index (Phi) is 3.34. The van der Waals surface area contributed by atoms with Crippen molar-refractivity contribution >= 4 is 10.9 Å². The van der Waals surface area contributed by atoms with Gasteiger partial charge in [-0.3, -0.25) is 4.79 Å². The molecule has 0 N–H and O–H groups in total. The van der Waals surface area contributed by atoms with E-state index >= 15 is 0 Å². The van der Waals surface area contributed by atoms with Crippen molar-refractivity contribution in [2.75, 3.05) is 0 Å². The van der Waals surface area contributed by atoms with Crippen molar-refractivity contribution in [2.24, 2.45) is 0 Å². The molecule has 1 fully saturated rings. The molecule has 1 aromatic carbocycles. The van der Waals surface area contributed by atoms with E-state index in [9.17, 15) is 22.4 Å². The highest BCUT2D eigenvalue weighted by atomic mass is 19.4. The normalized spacial score (nSPS) is 14.9. The van der Waals surface area contributed by atoms with Gasteiger partial charge in [0.1, 0.15) is 17.7 Å². The third kappa shape index (κ3) is 2.65. The molecule has 1 aliphatic carbocycles. The fraction of sp³-hybridized carbons (Fsp3) is 0.250. The average molecular weight is 350 g/mol. The van der Waals surface area contributed by atoms with E-state index in [2.05, 4.69) is 15.1 Å². The number of hydrogen-bond acceptors (Lipinski definition) is 4. The summed E-state index contributed by atoms with van der Waals surface area (Å²) in [5.74, 6) is -1.08. The van der Waals surface area contributed by atoms with Gasteiger partial charge in [0.15, 0.2) is 0 Å². The summed E-state index contributed by atoms with van der Waals surface area (Å²) in [4.78, 5) is 20.3. The molecule has 5 nitrogen and oxygen atoms in total. The first-order chi connectivity index (χ1) is 11.9. The number of aromatic nitrogens is 4. The average Bonchev–Trinajstić information content (AvgIpc) is 3.39. The summed E-state index contributed by atoms with van der Waals surface area (Å²) in [5, 5.41) is 4.26. The summed E-state index contributed by atoms with van der Waals surface area (Å²) in [5.41, 5.74) is -1.57. The fourth-order valence-electron chi connectivity index (χ4n) is 2.65.